The highest BCUT2D eigenvalue weighted by atomic mass is 19.1. The Hall–Kier alpha value is -0.930. The van der Waals surface area contributed by atoms with Crippen molar-refractivity contribution >= 4 is 0 Å². The van der Waals surface area contributed by atoms with Gasteiger partial charge in [-0.05, 0) is 30.0 Å². The molecule has 1 rings (SSSR count). The minimum atomic E-state index is -0.620. The topological polar surface area (TPSA) is 29.5 Å². The molecule has 0 aliphatic heterocycles. The van der Waals surface area contributed by atoms with Gasteiger partial charge in [0.05, 0.1) is 6.10 Å². The maximum Gasteiger partial charge on any atom is 0.123 e. The van der Waals surface area contributed by atoms with Gasteiger partial charge in [0.15, 0.2) is 0 Å². The Labute approximate surface area is 89.7 Å². The molecule has 0 amide bonds. The van der Waals surface area contributed by atoms with Gasteiger partial charge in [0.2, 0.25) is 0 Å². The summed E-state index contributed by atoms with van der Waals surface area (Å²) in [6.07, 6.45) is -0.0389. The van der Waals surface area contributed by atoms with Crippen LogP contribution in [0.2, 0.25) is 0 Å². The number of halogens is 1. The lowest BCUT2D eigenvalue weighted by molar-refractivity contribution is 0.102. The molecule has 2 nitrogen and oxygen atoms in total. The number of benzene rings is 1. The van der Waals surface area contributed by atoms with Crippen LogP contribution in [0, 0.1) is 11.7 Å². The molecule has 1 N–H and O–H groups in total. The minimum Gasteiger partial charge on any atom is -0.388 e. The van der Waals surface area contributed by atoms with Gasteiger partial charge in [0.25, 0.3) is 0 Å². The molecule has 0 aromatic heterocycles. The second-order valence-electron chi connectivity index (χ2n) is 3.87. The number of aliphatic hydroxyl groups excluding tert-OH is 1. The van der Waals surface area contributed by atoms with Crippen molar-refractivity contribution in [1.29, 1.82) is 0 Å². The van der Waals surface area contributed by atoms with Crippen molar-refractivity contribution in [3.8, 4) is 0 Å². The third kappa shape index (κ3) is 3.98. The van der Waals surface area contributed by atoms with Crippen molar-refractivity contribution < 1.29 is 14.2 Å². The van der Waals surface area contributed by atoms with Gasteiger partial charge >= 0.3 is 0 Å². The average Bonchev–Trinajstić information content (AvgIpc) is 2.18. The molecule has 0 saturated heterocycles. The van der Waals surface area contributed by atoms with Gasteiger partial charge in [-0.2, -0.15) is 0 Å². The summed E-state index contributed by atoms with van der Waals surface area (Å²) in [5, 5.41) is 9.82. The third-order valence-corrected chi connectivity index (χ3v) is 2.31. The van der Waals surface area contributed by atoms with Gasteiger partial charge in [-0.3, -0.25) is 0 Å². The van der Waals surface area contributed by atoms with E-state index in [0.717, 1.165) is 0 Å². The molecule has 0 aliphatic rings. The maximum atomic E-state index is 12.9. The van der Waals surface area contributed by atoms with Crippen LogP contribution in [0.4, 0.5) is 4.39 Å². The molecule has 0 bridgehead atoms. The molecule has 15 heavy (non-hydrogen) atoms. The van der Waals surface area contributed by atoms with Gasteiger partial charge in [-0.1, -0.05) is 19.1 Å². The molecule has 2 atom stereocenters. The summed E-state index contributed by atoms with van der Waals surface area (Å²) in [4.78, 5) is 0. The van der Waals surface area contributed by atoms with Crippen LogP contribution in [0.5, 0.6) is 0 Å². The first-order chi connectivity index (χ1) is 7.13. The largest absolute Gasteiger partial charge is 0.388 e. The zero-order chi connectivity index (χ0) is 11.3. The monoisotopic (exact) mass is 212 g/mol. The van der Waals surface area contributed by atoms with Crippen LogP contribution >= 0.6 is 0 Å². The van der Waals surface area contributed by atoms with E-state index in [1.807, 2.05) is 6.92 Å². The molecule has 0 saturated carbocycles. The Morgan fingerprint density at radius 3 is 2.80 bits per heavy atom. The first-order valence-corrected chi connectivity index (χ1v) is 5.06. The van der Waals surface area contributed by atoms with E-state index in [9.17, 15) is 9.50 Å². The van der Waals surface area contributed by atoms with Gasteiger partial charge in [0.1, 0.15) is 5.82 Å². The zero-order valence-electron chi connectivity index (χ0n) is 9.11. The van der Waals surface area contributed by atoms with Crippen molar-refractivity contribution in [1.82, 2.24) is 0 Å². The number of hydrogen-bond donors (Lipinski definition) is 1. The van der Waals surface area contributed by atoms with Crippen LogP contribution in [0.3, 0.4) is 0 Å². The number of aliphatic hydroxyl groups is 1. The average molecular weight is 212 g/mol. The third-order valence-electron chi connectivity index (χ3n) is 2.31. The van der Waals surface area contributed by atoms with E-state index in [1.54, 1.807) is 19.2 Å². The maximum absolute atomic E-state index is 12.9. The fourth-order valence-electron chi connectivity index (χ4n) is 1.58. The molecule has 0 fully saturated rings. The predicted octanol–water partition coefficient (Wildman–Crippen LogP) is 2.53. The molecular weight excluding hydrogens is 195 g/mol. The van der Waals surface area contributed by atoms with E-state index < -0.39 is 6.10 Å². The Morgan fingerprint density at radius 1 is 1.47 bits per heavy atom. The smallest absolute Gasteiger partial charge is 0.123 e. The summed E-state index contributed by atoms with van der Waals surface area (Å²) in [6.45, 7) is 2.60. The standard InChI is InChI=1S/C12H17FO2/c1-9(8-15-2)6-12(14)10-4-3-5-11(13)7-10/h3-5,7,9,12,14H,6,8H2,1-2H3. The van der Waals surface area contributed by atoms with Gasteiger partial charge < -0.3 is 9.84 Å². The fraction of sp³-hybridized carbons (Fsp3) is 0.500. The van der Waals surface area contributed by atoms with Crippen LogP contribution in [-0.4, -0.2) is 18.8 Å². The van der Waals surface area contributed by atoms with Crippen LogP contribution in [0.1, 0.15) is 25.0 Å². The van der Waals surface area contributed by atoms with E-state index in [1.165, 1.54) is 12.1 Å². The van der Waals surface area contributed by atoms with Gasteiger partial charge in [-0.25, -0.2) is 4.39 Å². The Morgan fingerprint density at radius 2 is 2.20 bits per heavy atom. The molecule has 2 unspecified atom stereocenters. The van der Waals surface area contributed by atoms with Crippen LogP contribution in [0.15, 0.2) is 24.3 Å². The molecule has 0 heterocycles. The Bertz CT molecular complexity index is 301. The quantitative estimate of drug-likeness (QED) is 0.812. The fourth-order valence-corrected chi connectivity index (χ4v) is 1.58. The van der Waals surface area contributed by atoms with E-state index in [0.29, 0.717) is 18.6 Å². The Balaban J connectivity index is 2.56. The van der Waals surface area contributed by atoms with Crippen molar-refractivity contribution in [3.05, 3.63) is 35.6 Å². The van der Waals surface area contributed by atoms with Crippen molar-refractivity contribution in [2.75, 3.05) is 13.7 Å². The second-order valence-corrected chi connectivity index (χ2v) is 3.87. The molecule has 0 radical (unpaired) electrons. The SMILES string of the molecule is COCC(C)CC(O)c1cccc(F)c1. The van der Waals surface area contributed by atoms with E-state index in [-0.39, 0.29) is 11.7 Å². The molecule has 0 aliphatic carbocycles. The molecular formula is C12H17FO2. The molecule has 3 heteroatoms. The lowest BCUT2D eigenvalue weighted by Crippen LogP contribution is -2.09. The van der Waals surface area contributed by atoms with Gasteiger partial charge in [0, 0.05) is 13.7 Å². The molecule has 0 spiro atoms. The van der Waals surface area contributed by atoms with E-state index in [2.05, 4.69) is 0 Å². The van der Waals surface area contributed by atoms with Crippen molar-refractivity contribution in [3.63, 3.8) is 0 Å². The number of rotatable bonds is 5. The number of methoxy groups -OCH3 is 1. The summed E-state index contributed by atoms with van der Waals surface area (Å²) in [7, 11) is 1.63. The first-order valence-electron chi connectivity index (χ1n) is 5.06. The summed E-state index contributed by atoms with van der Waals surface area (Å²) in [5.74, 6) is -0.0563. The number of hydrogen-bond acceptors (Lipinski definition) is 2. The molecule has 84 valence electrons. The highest BCUT2D eigenvalue weighted by Gasteiger charge is 2.12. The summed E-state index contributed by atoms with van der Waals surface area (Å²) < 4.78 is 17.9. The lowest BCUT2D eigenvalue weighted by atomic mass is 9.99. The normalized spacial score (nSPS) is 14.9. The van der Waals surface area contributed by atoms with E-state index in [4.69, 9.17) is 4.74 Å². The highest BCUT2D eigenvalue weighted by molar-refractivity contribution is 5.18. The zero-order valence-corrected chi connectivity index (χ0v) is 9.11. The molecule has 1 aromatic carbocycles. The van der Waals surface area contributed by atoms with Crippen LogP contribution < -0.4 is 0 Å². The number of ether oxygens (including phenoxy) is 1. The van der Waals surface area contributed by atoms with Gasteiger partial charge in [-0.15, -0.1) is 0 Å². The molecule has 1 aromatic rings. The summed E-state index contributed by atoms with van der Waals surface area (Å²) >= 11 is 0. The van der Waals surface area contributed by atoms with E-state index >= 15 is 0 Å². The second kappa shape index (κ2) is 5.83. The first kappa shape index (κ1) is 12.1. The summed E-state index contributed by atoms with van der Waals surface area (Å²) in [5.41, 5.74) is 0.623. The lowest BCUT2D eigenvalue weighted by Gasteiger charge is -2.15. The predicted molar refractivity (Wildman–Crippen MR) is 57.0 cm³/mol. The summed E-state index contributed by atoms with van der Waals surface area (Å²) in [6, 6.07) is 6.07. The van der Waals surface area contributed by atoms with Crippen molar-refractivity contribution in [2.45, 2.75) is 19.4 Å². The Kier molecular flexibility index (Phi) is 4.72. The van der Waals surface area contributed by atoms with Crippen molar-refractivity contribution in [2.24, 2.45) is 5.92 Å². The highest BCUT2D eigenvalue weighted by Crippen LogP contribution is 2.21. The van der Waals surface area contributed by atoms with Crippen LogP contribution in [0.25, 0.3) is 0 Å². The minimum absolute atomic E-state index is 0.258. The van der Waals surface area contributed by atoms with Crippen LogP contribution in [-0.2, 0) is 4.74 Å².